The maximum atomic E-state index is 6.08. The van der Waals surface area contributed by atoms with Gasteiger partial charge in [-0.25, -0.2) is 0 Å². The molecule has 4 heteroatoms. The first-order chi connectivity index (χ1) is 7.68. The summed E-state index contributed by atoms with van der Waals surface area (Å²) in [7, 11) is 2.16. The van der Waals surface area contributed by atoms with Crippen molar-refractivity contribution in [2.24, 2.45) is 5.73 Å². The second-order valence-electron chi connectivity index (χ2n) is 4.66. The molecule has 1 aliphatic rings. The molecule has 1 saturated heterocycles. The third kappa shape index (κ3) is 2.45. The minimum absolute atomic E-state index is 0.0922. The smallest absolute Gasteiger partial charge is 0.122 e. The summed E-state index contributed by atoms with van der Waals surface area (Å²) < 4.78 is 5.50. The van der Waals surface area contributed by atoms with Crippen molar-refractivity contribution in [2.75, 3.05) is 33.2 Å². The van der Waals surface area contributed by atoms with E-state index in [1.54, 1.807) is 6.26 Å². The molecule has 16 heavy (non-hydrogen) atoms. The average Bonchev–Trinajstić information content (AvgIpc) is 2.74. The number of nitrogens with zero attached hydrogens (tertiary/aromatic N) is 2. The highest BCUT2D eigenvalue weighted by Gasteiger charge is 2.28. The summed E-state index contributed by atoms with van der Waals surface area (Å²) in [5.41, 5.74) is 6.08. The molecular formula is C12H21N3O. The average molecular weight is 223 g/mol. The number of rotatable bonds is 3. The van der Waals surface area contributed by atoms with E-state index in [9.17, 15) is 0 Å². The minimum Gasteiger partial charge on any atom is -0.468 e. The van der Waals surface area contributed by atoms with Gasteiger partial charge in [-0.2, -0.15) is 0 Å². The van der Waals surface area contributed by atoms with Gasteiger partial charge >= 0.3 is 0 Å². The van der Waals surface area contributed by atoms with E-state index >= 15 is 0 Å². The maximum Gasteiger partial charge on any atom is 0.122 e. The number of piperazine rings is 1. The van der Waals surface area contributed by atoms with Gasteiger partial charge in [0.15, 0.2) is 0 Å². The van der Waals surface area contributed by atoms with Crippen molar-refractivity contribution >= 4 is 0 Å². The maximum absolute atomic E-state index is 6.08. The Morgan fingerprint density at radius 1 is 1.31 bits per heavy atom. The van der Waals surface area contributed by atoms with E-state index in [-0.39, 0.29) is 12.1 Å². The van der Waals surface area contributed by atoms with Crippen LogP contribution >= 0.6 is 0 Å². The van der Waals surface area contributed by atoms with Crippen molar-refractivity contribution in [3.05, 3.63) is 24.2 Å². The second kappa shape index (κ2) is 4.99. The largest absolute Gasteiger partial charge is 0.468 e. The SMILES string of the molecule is CC(N)C(c1ccco1)N1CCN(C)CC1. The molecule has 0 saturated carbocycles. The van der Waals surface area contributed by atoms with Crippen LogP contribution in [0.5, 0.6) is 0 Å². The van der Waals surface area contributed by atoms with Gasteiger partial charge in [-0.05, 0) is 26.1 Å². The fourth-order valence-corrected chi connectivity index (χ4v) is 2.33. The van der Waals surface area contributed by atoms with Gasteiger partial charge < -0.3 is 15.1 Å². The van der Waals surface area contributed by atoms with E-state index in [0.29, 0.717) is 0 Å². The summed E-state index contributed by atoms with van der Waals surface area (Å²) in [6, 6.07) is 4.26. The third-order valence-corrected chi connectivity index (χ3v) is 3.26. The van der Waals surface area contributed by atoms with Crippen LogP contribution < -0.4 is 5.73 Å². The number of furan rings is 1. The molecule has 0 aliphatic carbocycles. The molecule has 90 valence electrons. The number of hydrogen-bond donors (Lipinski definition) is 1. The van der Waals surface area contributed by atoms with Gasteiger partial charge in [0.05, 0.1) is 12.3 Å². The molecule has 2 atom stereocenters. The highest BCUT2D eigenvalue weighted by molar-refractivity contribution is 5.07. The molecule has 2 N–H and O–H groups in total. The lowest BCUT2D eigenvalue weighted by atomic mass is 10.1. The van der Waals surface area contributed by atoms with Gasteiger partial charge in [-0.3, -0.25) is 4.90 Å². The molecule has 4 nitrogen and oxygen atoms in total. The Bertz CT molecular complexity index is 302. The summed E-state index contributed by atoms with van der Waals surface area (Å²) in [5.74, 6) is 0.986. The lowest BCUT2D eigenvalue weighted by Gasteiger charge is -2.38. The first kappa shape index (κ1) is 11.6. The normalized spacial score (nSPS) is 23.2. The van der Waals surface area contributed by atoms with Gasteiger partial charge in [0.2, 0.25) is 0 Å². The molecule has 0 aromatic carbocycles. The van der Waals surface area contributed by atoms with E-state index < -0.39 is 0 Å². The zero-order valence-corrected chi connectivity index (χ0v) is 10.1. The van der Waals surface area contributed by atoms with Crippen molar-refractivity contribution in [2.45, 2.75) is 19.0 Å². The number of hydrogen-bond acceptors (Lipinski definition) is 4. The van der Waals surface area contributed by atoms with Crippen LogP contribution in [0, 0.1) is 0 Å². The van der Waals surface area contributed by atoms with E-state index in [2.05, 4.69) is 16.8 Å². The Morgan fingerprint density at radius 2 is 2.00 bits per heavy atom. The van der Waals surface area contributed by atoms with E-state index in [4.69, 9.17) is 10.2 Å². The molecule has 1 aromatic heterocycles. The fraction of sp³-hybridized carbons (Fsp3) is 0.667. The zero-order chi connectivity index (χ0) is 11.5. The Hall–Kier alpha value is -0.840. The first-order valence-corrected chi connectivity index (χ1v) is 5.90. The Balaban J connectivity index is 2.08. The van der Waals surface area contributed by atoms with Crippen molar-refractivity contribution < 1.29 is 4.42 Å². The van der Waals surface area contributed by atoms with Crippen LogP contribution in [0.25, 0.3) is 0 Å². The van der Waals surface area contributed by atoms with Crippen LogP contribution in [-0.2, 0) is 0 Å². The van der Waals surface area contributed by atoms with Crippen molar-refractivity contribution in [3.63, 3.8) is 0 Å². The topological polar surface area (TPSA) is 45.6 Å². The van der Waals surface area contributed by atoms with Crippen LogP contribution in [0.3, 0.4) is 0 Å². The van der Waals surface area contributed by atoms with E-state index in [1.165, 1.54) is 0 Å². The second-order valence-corrected chi connectivity index (χ2v) is 4.66. The summed E-state index contributed by atoms with van der Waals surface area (Å²) in [5, 5.41) is 0. The molecule has 2 heterocycles. The van der Waals surface area contributed by atoms with Crippen LogP contribution in [-0.4, -0.2) is 49.1 Å². The fourth-order valence-electron chi connectivity index (χ4n) is 2.33. The highest BCUT2D eigenvalue weighted by atomic mass is 16.3. The number of likely N-dealkylation sites (N-methyl/N-ethyl adjacent to an activating group) is 1. The van der Waals surface area contributed by atoms with Gasteiger partial charge in [-0.15, -0.1) is 0 Å². The summed E-state index contributed by atoms with van der Waals surface area (Å²) in [6.07, 6.45) is 1.72. The molecule has 2 rings (SSSR count). The third-order valence-electron chi connectivity index (χ3n) is 3.26. The molecule has 1 aromatic rings. The van der Waals surface area contributed by atoms with Crippen LogP contribution in [0.15, 0.2) is 22.8 Å². The highest BCUT2D eigenvalue weighted by Crippen LogP contribution is 2.24. The Kier molecular flexibility index (Phi) is 3.63. The predicted molar refractivity (Wildman–Crippen MR) is 64.2 cm³/mol. The molecule has 0 amide bonds. The Morgan fingerprint density at radius 3 is 2.50 bits per heavy atom. The van der Waals surface area contributed by atoms with Gasteiger partial charge in [0.25, 0.3) is 0 Å². The van der Waals surface area contributed by atoms with Gasteiger partial charge in [-0.1, -0.05) is 0 Å². The van der Waals surface area contributed by atoms with Crippen LogP contribution in [0.1, 0.15) is 18.7 Å². The van der Waals surface area contributed by atoms with E-state index in [1.807, 2.05) is 19.1 Å². The van der Waals surface area contributed by atoms with Crippen molar-refractivity contribution in [1.29, 1.82) is 0 Å². The van der Waals surface area contributed by atoms with Crippen LogP contribution in [0.2, 0.25) is 0 Å². The molecule has 1 fully saturated rings. The van der Waals surface area contributed by atoms with Crippen molar-refractivity contribution in [1.82, 2.24) is 9.80 Å². The molecule has 0 radical (unpaired) electrons. The molecular weight excluding hydrogens is 202 g/mol. The lowest BCUT2D eigenvalue weighted by Crippen LogP contribution is -2.49. The quantitative estimate of drug-likeness (QED) is 0.827. The monoisotopic (exact) mass is 223 g/mol. The summed E-state index contributed by atoms with van der Waals surface area (Å²) in [4.78, 5) is 4.76. The molecule has 2 unspecified atom stereocenters. The summed E-state index contributed by atoms with van der Waals surface area (Å²) in [6.45, 7) is 6.37. The van der Waals surface area contributed by atoms with Gasteiger partial charge in [0, 0.05) is 32.2 Å². The zero-order valence-electron chi connectivity index (χ0n) is 10.1. The predicted octanol–water partition coefficient (Wildman–Crippen LogP) is 0.915. The number of nitrogens with two attached hydrogens (primary N) is 1. The summed E-state index contributed by atoms with van der Waals surface area (Å²) >= 11 is 0. The first-order valence-electron chi connectivity index (χ1n) is 5.90. The minimum atomic E-state index is 0.0922. The molecule has 0 bridgehead atoms. The standard InChI is InChI=1S/C12H21N3O/c1-10(13)12(11-4-3-9-16-11)15-7-5-14(2)6-8-15/h3-4,9-10,12H,5-8,13H2,1-2H3. The van der Waals surface area contributed by atoms with Crippen molar-refractivity contribution in [3.8, 4) is 0 Å². The van der Waals surface area contributed by atoms with Crippen LogP contribution in [0.4, 0.5) is 0 Å². The Labute approximate surface area is 97.0 Å². The molecule has 1 aliphatic heterocycles. The lowest BCUT2D eigenvalue weighted by molar-refractivity contribution is 0.0893. The van der Waals surface area contributed by atoms with E-state index in [0.717, 1.165) is 31.9 Å². The van der Waals surface area contributed by atoms with Gasteiger partial charge in [0.1, 0.15) is 5.76 Å². The molecule has 0 spiro atoms.